The molecule has 5 aromatic rings. The molecule has 1 nitrogen and oxygen atoms in total. The summed E-state index contributed by atoms with van der Waals surface area (Å²) in [5.74, 6) is 0. The summed E-state index contributed by atoms with van der Waals surface area (Å²) in [6.45, 7) is 4.31. The third kappa shape index (κ3) is 2.86. The van der Waals surface area contributed by atoms with Crippen molar-refractivity contribution in [2.45, 2.75) is 13.8 Å². The summed E-state index contributed by atoms with van der Waals surface area (Å²) in [6, 6.07) is 30.7. The van der Waals surface area contributed by atoms with E-state index < -0.39 is 0 Å². The van der Waals surface area contributed by atoms with Crippen molar-refractivity contribution in [1.29, 1.82) is 0 Å². The summed E-state index contributed by atoms with van der Waals surface area (Å²) < 4.78 is 0. The molecule has 0 bridgehead atoms. The van der Waals surface area contributed by atoms with Crippen molar-refractivity contribution < 1.29 is 4.98 Å². The van der Waals surface area contributed by atoms with E-state index in [2.05, 4.69) is 104 Å². The number of aryl methyl sites for hydroxylation is 2. The highest BCUT2D eigenvalue weighted by Crippen LogP contribution is 2.32. The van der Waals surface area contributed by atoms with Gasteiger partial charge in [0.05, 0.1) is 5.39 Å². The Morgan fingerprint density at radius 2 is 1.32 bits per heavy atom. The monoisotopic (exact) mass is 360 g/mol. The van der Waals surface area contributed by atoms with E-state index in [4.69, 9.17) is 0 Å². The van der Waals surface area contributed by atoms with Gasteiger partial charge in [0.25, 0.3) is 0 Å². The van der Waals surface area contributed by atoms with Gasteiger partial charge in [0.2, 0.25) is 5.69 Å². The Balaban J connectivity index is 1.72. The standard InChI is InChI=1S/C27H21N/c1-18-14-19(2)16-23(15-18)21-7-5-8-22(17-21)27-26-11-10-20-6-3-4-9-24(20)25(26)12-13-28-27/h3-17H,1-2H3/p+1. The normalized spacial score (nSPS) is 11.2. The smallest absolute Gasteiger partial charge is 0.211 e. The molecule has 0 aliphatic rings. The first-order chi connectivity index (χ1) is 13.7. The van der Waals surface area contributed by atoms with E-state index in [-0.39, 0.29) is 0 Å². The number of rotatable bonds is 2. The average Bonchev–Trinajstić information content (AvgIpc) is 2.72. The van der Waals surface area contributed by atoms with Crippen molar-refractivity contribution in [3.8, 4) is 22.4 Å². The molecule has 0 saturated heterocycles. The SMILES string of the molecule is Cc1cc(C)cc(-c2cccc(-c3[nH+]ccc4c3ccc3ccccc34)c2)c1. The fourth-order valence-corrected chi connectivity index (χ4v) is 4.21. The van der Waals surface area contributed by atoms with Gasteiger partial charge >= 0.3 is 0 Å². The third-order valence-corrected chi connectivity index (χ3v) is 5.42. The van der Waals surface area contributed by atoms with Gasteiger partial charge in [0, 0.05) is 17.0 Å². The van der Waals surface area contributed by atoms with Crippen LogP contribution in [0.15, 0.2) is 91.1 Å². The zero-order chi connectivity index (χ0) is 19.1. The van der Waals surface area contributed by atoms with E-state index in [1.807, 2.05) is 6.20 Å². The average molecular weight is 360 g/mol. The molecule has 1 N–H and O–H groups in total. The number of aromatic nitrogens is 1. The summed E-state index contributed by atoms with van der Waals surface area (Å²) in [7, 11) is 0. The van der Waals surface area contributed by atoms with Gasteiger partial charge in [0.1, 0.15) is 0 Å². The zero-order valence-electron chi connectivity index (χ0n) is 16.2. The molecule has 0 spiro atoms. The third-order valence-electron chi connectivity index (χ3n) is 5.42. The number of H-pyrrole nitrogens is 1. The topological polar surface area (TPSA) is 14.1 Å². The van der Waals surface area contributed by atoms with Crippen molar-refractivity contribution in [2.24, 2.45) is 0 Å². The number of pyridine rings is 1. The summed E-state index contributed by atoms with van der Waals surface area (Å²) in [6.07, 6.45) is 2.05. The minimum atomic E-state index is 1.16. The molecule has 5 rings (SSSR count). The summed E-state index contributed by atoms with van der Waals surface area (Å²) in [5, 5.41) is 5.10. The lowest BCUT2D eigenvalue weighted by Gasteiger charge is -2.08. The lowest BCUT2D eigenvalue weighted by Crippen LogP contribution is -2.06. The molecule has 0 unspecified atom stereocenters. The van der Waals surface area contributed by atoms with Gasteiger partial charge in [-0.1, -0.05) is 71.8 Å². The molecule has 0 atom stereocenters. The Bertz CT molecular complexity index is 1310. The first-order valence-electron chi connectivity index (χ1n) is 9.70. The van der Waals surface area contributed by atoms with Crippen molar-refractivity contribution in [3.05, 3.63) is 102 Å². The molecule has 0 aliphatic heterocycles. The molecule has 1 heterocycles. The van der Waals surface area contributed by atoms with E-state index in [9.17, 15) is 0 Å². The van der Waals surface area contributed by atoms with Gasteiger partial charge in [-0.3, -0.25) is 0 Å². The maximum Gasteiger partial charge on any atom is 0.218 e. The van der Waals surface area contributed by atoms with Gasteiger partial charge in [-0.15, -0.1) is 0 Å². The summed E-state index contributed by atoms with van der Waals surface area (Å²) in [4.78, 5) is 3.49. The largest absolute Gasteiger partial charge is 0.218 e. The first kappa shape index (κ1) is 16.7. The van der Waals surface area contributed by atoms with Gasteiger partial charge in [-0.25, -0.2) is 4.98 Å². The summed E-state index contributed by atoms with van der Waals surface area (Å²) >= 11 is 0. The molecular weight excluding hydrogens is 338 g/mol. The predicted molar refractivity (Wildman–Crippen MR) is 118 cm³/mol. The molecular formula is C27H22N+. The Labute approximate surface area is 165 Å². The highest BCUT2D eigenvalue weighted by molar-refractivity contribution is 6.10. The van der Waals surface area contributed by atoms with Gasteiger partial charge in [-0.05, 0) is 53.9 Å². The molecule has 1 aromatic heterocycles. The number of benzene rings is 4. The molecule has 4 aromatic carbocycles. The zero-order valence-corrected chi connectivity index (χ0v) is 16.2. The molecule has 0 saturated carbocycles. The van der Waals surface area contributed by atoms with Crippen LogP contribution in [-0.4, -0.2) is 0 Å². The van der Waals surface area contributed by atoms with Crippen LogP contribution in [0.5, 0.6) is 0 Å². The Morgan fingerprint density at radius 3 is 2.18 bits per heavy atom. The van der Waals surface area contributed by atoms with Crippen molar-refractivity contribution in [2.75, 3.05) is 0 Å². The first-order valence-corrected chi connectivity index (χ1v) is 9.70. The molecule has 0 amide bonds. The minimum absolute atomic E-state index is 1.16. The Hall–Kier alpha value is -3.45. The minimum Gasteiger partial charge on any atom is -0.211 e. The number of hydrogen-bond donors (Lipinski definition) is 0. The van der Waals surface area contributed by atoms with E-state index >= 15 is 0 Å². The van der Waals surface area contributed by atoms with E-state index in [1.165, 1.54) is 49.4 Å². The van der Waals surface area contributed by atoms with Crippen molar-refractivity contribution >= 4 is 21.5 Å². The van der Waals surface area contributed by atoms with Crippen LogP contribution >= 0.6 is 0 Å². The molecule has 1 heteroatoms. The fourth-order valence-electron chi connectivity index (χ4n) is 4.21. The maximum atomic E-state index is 3.49. The van der Waals surface area contributed by atoms with Crippen LogP contribution in [-0.2, 0) is 0 Å². The van der Waals surface area contributed by atoms with Crippen LogP contribution in [0.1, 0.15) is 11.1 Å². The van der Waals surface area contributed by atoms with Gasteiger partial charge < -0.3 is 0 Å². The molecule has 134 valence electrons. The number of nitrogens with one attached hydrogen (secondary N) is 1. The molecule has 28 heavy (non-hydrogen) atoms. The van der Waals surface area contributed by atoms with E-state index in [0.717, 1.165) is 5.69 Å². The van der Waals surface area contributed by atoms with Crippen LogP contribution in [0.25, 0.3) is 43.9 Å². The number of hydrogen-bond acceptors (Lipinski definition) is 0. The fraction of sp³-hybridized carbons (Fsp3) is 0.0741. The highest BCUT2D eigenvalue weighted by atomic mass is 14.7. The maximum absolute atomic E-state index is 3.49. The van der Waals surface area contributed by atoms with Crippen molar-refractivity contribution in [1.82, 2.24) is 0 Å². The number of fused-ring (bicyclic) bond motifs is 3. The Morgan fingerprint density at radius 1 is 0.536 bits per heavy atom. The van der Waals surface area contributed by atoms with Crippen LogP contribution in [0.2, 0.25) is 0 Å². The summed E-state index contributed by atoms with van der Waals surface area (Å²) in [5.41, 5.74) is 7.47. The molecule has 0 fully saturated rings. The highest BCUT2D eigenvalue weighted by Gasteiger charge is 2.13. The second kappa shape index (κ2) is 6.61. The van der Waals surface area contributed by atoms with Gasteiger partial charge in [0.15, 0.2) is 6.20 Å². The lowest BCUT2D eigenvalue weighted by molar-refractivity contribution is -0.362. The van der Waals surface area contributed by atoms with Crippen LogP contribution in [0.3, 0.4) is 0 Å². The van der Waals surface area contributed by atoms with E-state index in [1.54, 1.807) is 0 Å². The van der Waals surface area contributed by atoms with Crippen LogP contribution in [0, 0.1) is 13.8 Å². The van der Waals surface area contributed by atoms with E-state index in [0.29, 0.717) is 0 Å². The second-order valence-corrected chi connectivity index (χ2v) is 7.56. The number of aromatic amines is 1. The van der Waals surface area contributed by atoms with Crippen molar-refractivity contribution in [3.63, 3.8) is 0 Å². The van der Waals surface area contributed by atoms with Crippen LogP contribution < -0.4 is 4.98 Å². The predicted octanol–water partition coefficient (Wildman–Crippen LogP) is 6.76. The second-order valence-electron chi connectivity index (χ2n) is 7.56. The lowest BCUT2D eigenvalue weighted by atomic mass is 9.95. The quantitative estimate of drug-likeness (QED) is 0.309. The van der Waals surface area contributed by atoms with Crippen LogP contribution in [0.4, 0.5) is 0 Å². The van der Waals surface area contributed by atoms with Gasteiger partial charge in [-0.2, -0.15) is 0 Å². The molecule has 0 radical (unpaired) electrons. The molecule has 0 aliphatic carbocycles. The Kier molecular flexibility index (Phi) is 3.95.